The van der Waals surface area contributed by atoms with Crippen LogP contribution in [-0.4, -0.2) is 32.1 Å². The lowest BCUT2D eigenvalue weighted by atomic mass is 10.2. The summed E-state index contributed by atoms with van der Waals surface area (Å²) in [5.41, 5.74) is 7.32. The monoisotopic (exact) mass is 688 g/mol. The molecule has 0 saturated carbocycles. The van der Waals surface area contributed by atoms with Gasteiger partial charge in [-0.3, -0.25) is 9.36 Å². The summed E-state index contributed by atoms with van der Waals surface area (Å²) in [5, 5.41) is 17.3. The Balaban J connectivity index is 1.24. The van der Waals surface area contributed by atoms with Gasteiger partial charge in [0.2, 0.25) is 0 Å². The van der Waals surface area contributed by atoms with Crippen molar-refractivity contribution in [3.8, 4) is 11.4 Å². The van der Waals surface area contributed by atoms with Crippen LogP contribution in [0.25, 0.3) is 5.69 Å². The van der Waals surface area contributed by atoms with Crippen molar-refractivity contribution >= 4 is 57.1 Å². The minimum Gasteiger partial charge on any atom is -0.488 e. The molecule has 5 rings (SSSR count). The third-order valence-electron chi connectivity index (χ3n) is 6.57. The number of hydrogen-bond donors (Lipinski definition) is 2. The maximum absolute atomic E-state index is 13.0. The highest BCUT2D eigenvalue weighted by Gasteiger charge is 2.21. The van der Waals surface area contributed by atoms with E-state index in [-0.39, 0.29) is 5.91 Å². The summed E-state index contributed by atoms with van der Waals surface area (Å²) in [5.74, 6) is 1.11. The van der Waals surface area contributed by atoms with E-state index in [1.165, 1.54) is 11.8 Å². The van der Waals surface area contributed by atoms with Gasteiger partial charge in [0.15, 0.2) is 11.0 Å². The van der Waals surface area contributed by atoms with Gasteiger partial charge in [0.05, 0.1) is 18.0 Å². The first-order valence-corrected chi connectivity index (χ1v) is 15.9. The third-order valence-corrected chi connectivity index (χ3v) is 8.34. The average molecular weight is 690 g/mol. The molecule has 1 atom stereocenters. The number of ether oxygens (including phenoxy) is 1. The number of hydrazone groups is 1. The lowest BCUT2D eigenvalue weighted by Crippen LogP contribution is -2.27. The molecule has 0 bridgehead atoms. The van der Waals surface area contributed by atoms with Crippen molar-refractivity contribution in [2.75, 3.05) is 5.32 Å². The van der Waals surface area contributed by atoms with E-state index in [0.29, 0.717) is 34.9 Å². The number of amides is 1. The molecule has 2 N–H and O–H groups in total. The van der Waals surface area contributed by atoms with Gasteiger partial charge in [-0.2, -0.15) is 5.10 Å². The Bertz CT molecular complexity index is 1760. The quantitative estimate of drug-likeness (QED) is 0.0789. The minimum absolute atomic E-state index is 0.266. The topological polar surface area (TPSA) is 93.4 Å². The van der Waals surface area contributed by atoms with Crippen LogP contribution >= 0.6 is 39.3 Å². The molecule has 44 heavy (non-hydrogen) atoms. The van der Waals surface area contributed by atoms with E-state index in [0.717, 1.165) is 32.5 Å². The number of hydrogen-bond acceptors (Lipinski definition) is 7. The predicted octanol–water partition coefficient (Wildman–Crippen LogP) is 7.81. The molecule has 0 aliphatic carbocycles. The van der Waals surface area contributed by atoms with E-state index in [1.54, 1.807) is 6.21 Å². The molecule has 5 aromatic rings. The summed E-state index contributed by atoms with van der Waals surface area (Å²) >= 11 is 10.9. The van der Waals surface area contributed by atoms with Gasteiger partial charge in [0.1, 0.15) is 12.4 Å². The molecule has 0 unspecified atom stereocenters. The van der Waals surface area contributed by atoms with Crippen molar-refractivity contribution in [3.63, 3.8) is 0 Å². The third kappa shape index (κ3) is 8.28. The Hall–Kier alpha value is -4.12. The molecule has 224 valence electrons. The summed E-state index contributed by atoms with van der Waals surface area (Å²) < 4.78 is 8.97. The van der Waals surface area contributed by atoms with Gasteiger partial charge in [0, 0.05) is 26.4 Å². The van der Waals surface area contributed by atoms with Gasteiger partial charge in [0.25, 0.3) is 5.91 Å². The van der Waals surface area contributed by atoms with Crippen LogP contribution in [0.15, 0.2) is 112 Å². The maximum Gasteiger partial charge on any atom is 0.253 e. The number of aromatic nitrogens is 3. The molecular formula is C33H30BrClN6O2S. The van der Waals surface area contributed by atoms with Crippen molar-refractivity contribution in [1.29, 1.82) is 0 Å². The number of rotatable bonds is 12. The minimum atomic E-state index is -0.499. The fourth-order valence-corrected chi connectivity index (χ4v) is 5.86. The Kier molecular flexibility index (Phi) is 10.7. The zero-order valence-corrected chi connectivity index (χ0v) is 27.2. The van der Waals surface area contributed by atoms with E-state index >= 15 is 0 Å². The van der Waals surface area contributed by atoms with Crippen LogP contribution in [0.4, 0.5) is 5.69 Å². The summed E-state index contributed by atoms with van der Waals surface area (Å²) in [4.78, 5) is 13.0. The van der Waals surface area contributed by atoms with E-state index in [9.17, 15) is 4.79 Å². The predicted molar refractivity (Wildman–Crippen MR) is 181 cm³/mol. The van der Waals surface area contributed by atoms with Crippen molar-refractivity contribution in [1.82, 2.24) is 20.2 Å². The maximum atomic E-state index is 13.0. The molecule has 1 heterocycles. The Morgan fingerprint density at radius 1 is 1.05 bits per heavy atom. The van der Waals surface area contributed by atoms with Crippen molar-refractivity contribution in [2.24, 2.45) is 5.10 Å². The second-order valence-corrected chi connectivity index (χ2v) is 12.5. The number of nitrogens with one attached hydrogen (secondary N) is 2. The largest absolute Gasteiger partial charge is 0.488 e. The molecule has 11 heteroatoms. The number of carbonyl (C=O) groups excluding carboxylic acids is 1. The summed E-state index contributed by atoms with van der Waals surface area (Å²) in [7, 11) is 0. The zero-order valence-electron chi connectivity index (χ0n) is 24.1. The average Bonchev–Trinajstić information content (AvgIpc) is 3.42. The van der Waals surface area contributed by atoms with Crippen LogP contribution in [0.1, 0.15) is 29.4 Å². The molecule has 4 aromatic carbocycles. The normalized spacial score (nSPS) is 11.8. The highest BCUT2D eigenvalue weighted by molar-refractivity contribution is 9.10. The number of nitrogens with zero attached hydrogens (tertiary/aromatic N) is 4. The Labute approximate surface area is 274 Å². The highest BCUT2D eigenvalue weighted by atomic mass is 79.9. The van der Waals surface area contributed by atoms with Crippen molar-refractivity contribution in [3.05, 3.63) is 129 Å². The second kappa shape index (κ2) is 15.1. The molecule has 0 saturated heterocycles. The van der Waals surface area contributed by atoms with E-state index < -0.39 is 5.25 Å². The molecular weight excluding hydrogens is 660 g/mol. The van der Waals surface area contributed by atoms with Crippen LogP contribution < -0.4 is 15.5 Å². The molecule has 0 fully saturated rings. The summed E-state index contributed by atoms with van der Waals surface area (Å²) in [6.07, 6.45) is 1.58. The Morgan fingerprint density at radius 2 is 1.84 bits per heavy atom. The highest BCUT2D eigenvalue weighted by Crippen LogP contribution is 2.27. The fraction of sp³-hybridized carbons (Fsp3) is 0.152. The van der Waals surface area contributed by atoms with E-state index in [1.807, 2.05) is 115 Å². The van der Waals surface area contributed by atoms with Crippen LogP contribution in [0.3, 0.4) is 0 Å². The van der Waals surface area contributed by atoms with Crippen molar-refractivity contribution in [2.45, 2.75) is 37.4 Å². The van der Waals surface area contributed by atoms with Gasteiger partial charge in [-0.15, -0.1) is 10.2 Å². The van der Waals surface area contributed by atoms with Crippen LogP contribution in [-0.2, 0) is 17.9 Å². The number of benzene rings is 4. The molecule has 0 radical (unpaired) electrons. The molecule has 0 spiro atoms. The number of anilines is 1. The first-order valence-electron chi connectivity index (χ1n) is 13.8. The SMILES string of the molecule is Cc1cc(Cl)ccc1NCc1nnc(S[C@@H](C)C(=O)N/N=C/c2ccccc2OCc2cccc(Br)c2)n1-c1ccccc1. The first kappa shape index (κ1) is 31.3. The van der Waals surface area contributed by atoms with E-state index in [4.69, 9.17) is 16.3 Å². The number of halogens is 2. The van der Waals surface area contributed by atoms with Gasteiger partial charge in [-0.25, -0.2) is 5.43 Å². The molecule has 1 aromatic heterocycles. The number of thioether (sulfide) groups is 1. The lowest BCUT2D eigenvalue weighted by Gasteiger charge is -2.14. The van der Waals surface area contributed by atoms with Crippen molar-refractivity contribution < 1.29 is 9.53 Å². The van der Waals surface area contributed by atoms with Crippen LogP contribution in [0, 0.1) is 6.92 Å². The fourth-order valence-electron chi connectivity index (χ4n) is 4.30. The molecule has 8 nitrogen and oxygen atoms in total. The van der Waals surface area contributed by atoms with Gasteiger partial charge >= 0.3 is 0 Å². The van der Waals surface area contributed by atoms with Crippen LogP contribution in [0.2, 0.25) is 5.02 Å². The molecule has 1 amide bonds. The van der Waals surface area contributed by atoms with E-state index in [2.05, 4.69) is 42.0 Å². The van der Waals surface area contributed by atoms with Gasteiger partial charge in [-0.1, -0.05) is 81.8 Å². The number of aryl methyl sites for hydroxylation is 1. The van der Waals surface area contributed by atoms with Gasteiger partial charge in [-0.05, 0) is 79.6 Å². The second-order valence-electron chi connectivity index (χ2n) is 9.83. The first-order chi connectivity index (χ1) is 21.4. The zero-order chi connectivity index (χ0) is 30.9. The van der Waals surface area contributed by atoms with Gasteiger partial charge < -0.3 is 10.1 Å². The number of para-hydroxylation sites is 2. The lowest BCUT2D eigenvalue weighted by molar-refractivity contribution is -0.120. The summed E-state index contributed by atoms with van der Waals surface area (Å²) in [6.45, 7) is 4.64. The molecule has 0 aliphatic heterocycles. The van der Waals surface area contributed by atoms with Crippen LogP contribution in [0.5, 0.6) is 5.75 Å². The Morgan fingerprint density at radius 3 is 2.64 bits per heavy atom. The summed E-state index contributed by atoms with van der Waals surface area (Å²) in [6, 6.07) is 31.0. The smallest absolute Gasteiger partial charge is 0.253 e. The molecule has 0 aliphatic rings. The number of carbonyl (C=O) groups is 1. The standard InChI is InChI=1S/C33H30BrClN6O2S/c1-22-17-27(35)15-16-29(22)36-20-31-38-40-33(41(31)28-12-4-3-5-13-28)44-23(2)32(42)39-37-19-25-10-6-7-14-30(25)43-21-24-9-8-11-26(34)18-24/h3-19,23,36H,20-21H2,1-2H3,(H,39,42)/b37-19+/t23-/m0/s1.